The normalized spacial score (nSPS) is 19.0. The SMILES string of the molecule is CCCCCC1CCC(CCc2ccc(-c3ccc(OCC)cc3)nc2)CC1.CCCCCCCCc1ccc(-c2ccc(CCC3CCC(CCCCC)CC3)cn2)cc1. The number of hydrogen-bond donors (Lipinski definition) is 0. The quantitative estimate of drug-likeness (QED) is 0.0624. The lowest BCUT2D eigenvalue weighted by Crippen LogP contribution is -2.15. The molecule has 2 saturated carbocycles. The predicted molar refractivity (Wildman–Crippen MR) is 263 cm³/mol. The topological polar surface area (TPSA) is 35.0 Å². The van der Waals surface area contributed by atoms with Crippen molar-refractivity contribution in [1.29, 1.82) is 0 Å². The fourth-order valence-electron chi connectivity index (χ4n) is 10.1. The summed E-state index contributed by atoms with van der Waals surface area (Å²) in [5, 5.41) is 0. The van der Waals surface area contributed by atoms with Gasteiger partial charge >= 0.3 is 0 Å². The Morgan fingerprint density at radius 3 is 1.21 bits per heavy atom. The number of hydrogen-bond acceptors (Lipinski definition) is 3. The third kappa shape index (κ3) is 18.4. The predicted octanol–water partition coefficient (Wildman–Crippen LogP) is 17.4. The average Bonchev–Trinajstić information content (AvgIpc) is 3.31. The summed E-state index contributed by atoms with van der Waals surface area (Å²) in [6, 6.07) is 26.3. The van der Waals surface area contributed by atoms with Crippen molar-refractivity contribution in [2.24, 2.45) is 23.7 Å². The van der Waals surface area contributed by atoms with Gasteiger partial charge in [-0.1, -0.05) is 192 Å². The Kier molecular flexibility index (Phi) is 23.1. The molecule has 61 heavy (non-hydrogen) atoms. The van der Waals surface area contributed by atoms with Crippen LogP contribution in [0.5, 0.6) is 5.75 Å². The lowest BCUT2D eigenvalue weighted by Gasteiger charge is -2.28. The van der Waals surface area contributed by atoms with E-state index in [9.17, 15) is 0 Å². The molecule has 0 unspecified atom stereocenters. The molecule has 6 rings (SSSR count). The number of unbranched alkanes of at least 4 members (excludes halogenated alkanes) is 9. The summed E-state index contributed by atoms with van der Waals surface area (Å²) >= 11 is 0. The summed E-state index contributed by atoms with van der Waals surface area (Å²) in [5.74, 6) is 4.81. The monoisotopic (exact) mass is 827 g/mol. The number of benzene rings is 2. The van der Waals surface area contributed by atoms with E-state index in [0.717, 1.165) is 46.4 Å². The molecule has 2 aromatic heterocycles. The Balaban J connectivity index is 0.000000234. The molecule has 2 aromatic carbocycles. The summed E-state index contributed by atoms with van der Waals surface area (Å²) in [7, 11) is 0. The Morgan fingerprint density at radius 2 is 0.787 bits per heavy atom. The molecule has 0 saturated heterocycles. The third-order valence-corrected chi connectivity index (χ3v) is 14.2. The summed E-state index contributed by atoms with van der Waals surface area (Å²) in [6.07, 6.45) is 41.7. The summed E-state index contributed by atoms with van der Waals surface area (Å²) in [6.45, 7) is 9.60. The Labute approximate surface area is 374 Å². The zero-order valence-electron chi connectivity index (χ0n) is 39.5. The summed E-state index contributed by atoms with van der Waals surface area (Å²) in [5.41, 5.74) is 8.79. The first kappa shape index (κ1) is 48.6. The van der Waals surface area contributed by atoms with Crippen molar-refractivity contribution in [1.82, 2.24) is 9.97 Å². The van der Waals surface area contributed by atoms with Crippen molar-refractivity contribution < 1.29 is 4.74 Å². The van der Waals surface area contributed by atoms with Crippen LogP contribution in [0, 0.1) is 23.7 Å². The van der Waals surface area contributed by atoms with Crippen LogP contribution < -0.4 is 4.74 Å². The summed E-state index contributed by atoms with van der Waals surface area (Å²) < 4.78 is 5.52. The number of pyridine rings is 2. The van der Waals surface area contributed by atoms with Gasteiger partial charge in [-0.05, 0) is 122 Å². The molecule has 4 aromatic rings. The van der Waals surface area contributed by atoms with Gasteiger partial charge < -0.3 is 4.74 Å². The van der Waals surface area contributed by atoms with Crippen molar-refractivity contribution in [3.8, 4) is 28.3 Å². The lowest BCUT2D eigenvalue weighted by atomic mass is 9.78. The lowest BCUT2D eigenvalue weighted by molar-refractivity contribution is 0.249. The molecule has 0 atom stereocenters. The molecule has 0 amide bonds. The van der Waals surface area contributed by atoms with Gasteiger partial charge in [0.05, 0.1) is 18.0 Å². The van der Waals surface area contributed by atoms with E-state index in [1.54, 1.807) is 0 Å². The van der Waals surface area contributed by atoms with E-state index in [2.05, 4.69) is 93.8 Å². The number of nitrogens with zero attached hydrogens (tertiary/aromatic N) is 2. The first-order valence-electron chi connectivity index (χ1n) is 25.8. The van der Waals surface area contributed by atoms with E-state index in [1.165, 1.54) is 196 Å². The zero-order valence-corrected chi connectivity index (χ0v) is 39.5. The minimum Gasteiger partial charge on any atom is -0.494 e. The number of aromatic nitrogens is 2. The zero-order chi connectivity index (χ0) is 42.7. The van der Waals surface area contributed by atoms with Crippen LogP contribution in [0.1, 0.15) is 198 Å². The van der Waals surface area contributed by atoms with Gasteiger partial charge in [0.1, 0.15) is 5.75 Å². The second-order valence-electron chi connectivity index (χ2n) is 19.1. The Bertz CT molecular complexity index is 1660. The maximum Gasteiger partial charge on any atom is 0.119 e. The first-order chi connectivity index (χ1) is 30.1. The maximum absolute atomic E-state index is 5.52. The van der Waals surface area contributed by atoms with Crippen LogP contribution in [-0.4, -0.2) is 16.6 Å². The van der Waals surface area contributed by atoms with E-state index in [4.69, 9.17) is 14.7 Å². The number of rotatable bonds is 25. The highest BCUT2D eigenvalue weighted by Gasteiger charge is 2.22. The van der Waals surface area contributed by atoms with Crippen LogP contribution in [0.3, 0.4) is 0 Å². The highest BCUT2D eigenvalue weighted by atomic mass is 16.5. The minimum absolute atomic E-state index is 0.701. The van der Waals surface area contributed by atoms with Crippen molar-refractivity contribution >= 4 is 0 Å². The van der Waals surface area contributed by atoms with Crippen molar-refractivity contribution in [2.75, 3.05) is 6.61 Å². The molecule has 2 heterocycles. The van der Waals surface area contributed by atoms with Crippen molar-refractivity contribution in [3.63, 3.8) is 0 Å². The number of ether oxygens (including phenoxy) is 1. The second kappa shape index (κ2) is 29.0. The molecule has 0 bridgehead atoms. The van der Waals surface area contributed by atoms with Crippen LogP contribution in [0.15, 0.2) is 85.2 Å². The van der Waals surface area contributed by atoms with Gasteiger partial charge in [0.25, 0.3) is 0 Å². The Morgan fingerprint density at radius 1 is 0.393 bits per heavy atom. The van der Waals surface area contributed by atoms with Gasteiger partial charge in [-0.15, -0.1) is 0 Å². The maximum atomic E-state index is 5.52. The molecular weight excluding hydrogens is 741 g/mol. The van der Waals surface area contributed by atoms with Gasteiger partial charge in [-0.2, -0.15) is 0 Å². The molecule has 3 nitrogen and oxygen atoms in total. The van der Waals surface area contributed by atoms with E-state index in [1.807, 2.05) is 19.1 Å². The smallest absolute Gasteiger partial charge is 0.119 e. The Hall–Kier alpha value is -3.46. The van der Waals surface area contributed by atoms with Gasteiger partial charge in [0.2, 0.25) is 0 Å². The van der Waals surface area contributed by atoms with Crippen LogP contribution in [0.25, 0.3) is 22.5 Å². The van der Waals surface area contributed by atoms with E-state index in [0.29, 0.717) is 6.61 Å². The second-order valence-corrected chi connectivity index (χ2v) is 19.1. The fraction of sp³-hybridized carbons (Fsp3) is 0.621. The third-order valence-electron chi connectivity index (χ3n) is 14.2. The summed E-state index contributed by atoms with van der Waals surface area (Å²) in [4.78, 5) is 9.50. The molecule has 334 valence electrons. The molecular formula is C58H86N2O. The van der Waals surface area contributed by atoms with Crippen molar-refractivity contribution in [2.45, 2.75) is 201 Å². The molecule has 0 spiro atoms. The first-order valence-corrected chi connectivity index (χ1v) is 25.8. The highest BCUT2D eigenvalue weighted by Crippen LogP contribution is 2.36. The van der Waals surface area contributed by atoms with Gasteiger partial charge in [-0.3, -0.25) is 9.97 Å². The molecule has 2 fully saturated rings. The fourth-order valence-corrected chi connectivity index (χ4v) is 10.1. The molecule has 2 aliphatic rings. The molecule has 3 heteroatoms. The van der Waals surface area contributed by atoms with Crippen LogP contribution in [0.2, 0.25) is 0 Å². The van der Waals surface area contributed by atoms with Crippen molar-refractivity contribution in [3.05, 3.63) is 102 Å². The van der Waals surface area contributed by atoms with Crippen LogP contribution in [-0.2, 0) is 19.3 Å². The largest absolute Gasteiger partial charge is 0.494 e. The van der Waals surface area contributed by atoms with E-state index < -0.39 is 0 Å². The minimum atomic E-state index is 0.701. The number of aryl methyl sites for hydroxylation is 3. The van der Waals surface area contributed by atoms with E-state index >= 15 is 0 Å². The molecule has 0 radical (unpaired) electrons. The molecule has 0 aliphatic heterocycles. The highest BCUT2D eigenvalue weighted by molar-refractivity contribution is 5.60. The standard InChI is InChI=1S/C32H49N.C26H37NO/c1-3-5-7-8-9-11-13-28-20-23-31(24-21-28)32-25-22-30(26-33-32)19-18-29-16-14-27(15-17-29)12-10-6-4-2;1-3-5-6-7-21-8-10-22(11-9-21)12-13-23-14-19-26(27-20-23)24-15-17-25(18-16-24)28-4-2/h20-27,29H,3-19H2,1-2H3;14-22H,3-13H2,1-2H3. The average molecular weight is 827 g/mol. The molecule has 0 N–H and O–H groups in total. The van der Waals surface area contributed by atoms with Gasteiger partial charge in [0.15, 0.2) is 0 Å². The van der Waals surface area contributed by atoms with Gasteiger partial charge in [-0.25, -0.2) is 0 Å². The molecule has 2 aliphatic carbocycles. The van der Waals surface area contributed by atoms with Gasteiger partial charge in [0, 0.05) is 23.5 Å². The van der Waals surface area contributed by atoms with Crippen LogP contribution in [0.4, 0.5) is 0 Å². The van der Waals surface area contributed by atoms with Crippen LogP contribution >= 0.6 is 0 Å². The van der Waals surface area contributed by atoms with E-state index in [-0.39, 0.29) is 0 Å².